The van der Waals surface area contributed by atoms with Crippen LogP contribution in [0.3, 0.4) is 0 Å². The van der Waals surface area contributed by atoms with Gasteiger partial charge in [0.15, 0.2) is 0 Å². The van der Waals surface area contributed by atoms with Gasteiger partial charge in [-0.3, -0.25) is 0 Å². The summed E-state index contributed by atoms with van der Waals surface area (Å²) in [5.74, 6) is 0.636. The summed E-state index contributed by atoms with van der Waals surface area (Å²) in [6.45, 7) is 9.66. The van der Waals surface area contributed by atoms with Crippen molar-refractivity contribution >= 4 is 38.0 Å². The lowest BCUT2D eigenvalue weighted by atomic mass is 9.62. The Morgan fingerprint density at radius 2 is 1.13 bits per heavy atom. The molecule has 1 nitrogen and oxygen atoms in total. The number of rotatable bonds is 0. The summed E-state index contributed by atoms with van der Waals surface area (Å²) in [5.41, 5.74) is 17.4. The van der Waals surface area contributed by atoms with Gasteiger partial charge in [-0.15, -0.1) is 0 Å². The predicted molar refractivity (Wildman–Crippen MR) is 192 cm³/mol. The number of hydrogen-bond acceptors (Lipinski definition) is 1. The Labute approximate surface area is 269 Å². The Morgan fingerprint density at radius 1 is 0.565 bits per heavy atom. The highest BCUT2D eigenvalue weighted by Crippen LogP contribution is 2.75. The molecule has 0 radical (unpaired) electrons. The van der Waals surface area contributed by atoms with Gasteiger partial charge < -0.3 is 4.90 Å². The minimum Gasteiger partial charge on any atom is -0.353 e. The van der Waals surface area contributed by atoms with E-state index in [-0.39, 0.29) is 17.0 Å². The summed E-state index contributed by atoms with van der Waals surface area (Å²) < 4.78 is 0. The molecule has 2 aliphatic carbocycles. The van der Waals surface area contributed by atoms with Crippen LogP contribution in [-0.4, -0.2) is 0 Å². The molecule has 0 aromatic heterocycles. The largest absolute Gasteiger partial charge is 0.353 e. The van der Waals surface area contributed by atoms with Gasteiger partial charge in [0.2, 0.25) is 0 Å². The molecule has 3 heterocycles. The van der Waals surface area contributed by atoms with Crippen LogP contribution in [0.1, 0.15) is 73.4 Å². The van der Waals surface area contributed by atoms with Crippen LogP contribution in [0.4, 0.5) is 5.69 Å². The van der Waals surface area contributed by atoms with Crippen LogP contribution in [0.25, 0.3) is 65.7 Å². The number of nitrogens with zero attached hydrogens (tertiary/aromatic N) is 1. The van der Waals surface area contributed by atoms with E-state index in [1.54, 1.807) is 11.1 Å². The fourth-order valence-electron chi connectivity index (χ4n) is 11.0. The zero-order valence-electron chi connectivity index (χ0n) is 26.6. The molecule has 218 valence electrons. The van der Waals surface area contributed by atoms with Crippen molar-refractivity contribution in [2.24, 2.45) is 0 Å². The van der Waals surface area contributed by atoms with Crippen LogP contribution in [-0.2, 0) is 11.0 Å². The maximum absolute atomic E-state index is 2.92. The molecule has 46 heavy (non-hydrogen) atoms. The predicted octanol–water partition coefficient (Wildman–Crippen LogP) is 11.7. The third-order valence-electron chi connectivity index (χ3n) is 12.8. The van der Waals surface area contributed by atoms with Crippen molar-refractivity contribution in [3.05, 3.63) is 137 Å². The normalized spacial score (nSPS) is 23.5. The minimum atomic E-state index is -0.218. The van der Waals surface area contributed by atoms with Crippen molar-refractivity contribution < 1.29 is 0 Å². The lowest BCUT2D eigenvalue weighted by molar-refractivity contribution is 0.412. The first kappa shape index (κ1) is 24.4. The zero-order valence-corrected chi connectivity index (χ0v) is 26.6. The molecule has 0 N–H and O–H groups in total. The van der Waals surface area contributed by atoms with E-state index in [4.69, 9.17) is 0 Å². The highest BCUT2D eigenvalue weighted by molar-refractivity contribution is 6.34. The smallest absolute Gasteiger partial charge is 0.0714 e. The summed E-state index contributed by atoms with van der Waals surface area (Å²) in [7, 11) is 0. The van der Waals surface area contributed by atoms with Gasteiger partial charge in [-0.25, -0.2) is 0 Å². The van der Waals surface area contributed by atoms with Crippen molar-refractivity contribution in [2.75, 3.05) is 4.90 Å². The van der Waals surface area contributed by atoms with Crippen LogP contribution in [0.2, 0.25) is 0 Å². The molecule has 3 aliphatic heterocycles. The highest BCUT2D eigenvalue weighted by atomic mass is 15.3. The molecule has 0 amide bonds. The van der Waals surface area contributed by atoms with Crippen LogP contribution >= 0.6 is 0 Å². The Balaban J connectivity index is 1.29. The molecule has 7 aromatic rings. The zero-order chi connectivity index (χ0) is 30.4. The molecule has 1 fully saturated rings. The molecule has 7 aromatic carbocycles. The van der Waals surface area contributed by atoms with Gasteiger partial charge in [0, 0.05) is 23.0 Å². The van der Waals surface area contributed by atoms with Crippen LogP contribution in [0.15, 0.2) is 109 Å². The first-order chi connectivity index (χ1) is 22.4. The second kappa shape index (κ2) is 7.39. The van der Waals surface area contributed by atoms with Crippen molar-refractivity contribution in [3.63, 3.8) is 0 Å². The molecule has 0 unspecified atom stereocenters. The molecular formula is C45H33N. The third-order valence-corrected chi connectivity index (χ3v) is 12.8. The second-order valence-corrected chi connectivity index (χ2v) is 15.8. The monoisotopic (exact) mass is 587 g/mol. The summed E-state index contributed by atoms with van der Waals surface area (Å²) >= 11 is 0. The summed E-state index contributed by atoms with van der Waals surface area (Å²) in [6, 6.07) is 43.3. The van der Waals surface area contributed by atoms with Crippen molar-refractivity contribution in [2.45, 2.75) is 56.5 Å². The van der Waals surface area contributed by atoms with E-state index in [9.17, 15) is 0 Å². The topological polar surface area (TPSA) is 3.24 Å². The van der Waals surface area contributed by atoms with Crippen molar-refractivity contribution in [1.82, 2.24) is 0 Å². The summed E-state index contributed by atoms with van der Waals surface area (Å²) in [4.78, 5) is 2.92. The minimum absolute atomic E-state index is 0.0477. The van der Waals surface area contributed by atoms with E-state index < -0.39 is 0 Å². The fraction of sp³-hybridized carbons (Fsp3) is 0.200. The van der Waals surface area contributed by atoms with Crippen LogP contribution in [0.5, 0.6) is 0 Å². The van der Waals surface area contributed by atoms with Gasteiger partial charge in [0.25, 0.3) is 0 Å². The van der Waals surface area contributed by atoms with E-state index >= 15 is 0 Å². The molecule has 0 bridgehead atoms. The molecule has 5 aliphatic rings. The Kier molecular flexibility index (Phi) is 3.92. The summed E-state index contributed by atoms with van der Waals surface area (Å²) in [5, 5.41) is 8.55. The number of hydrogen-bond donors (Lipinski definition) is 0. The molecule has 12 rings (SSSR count). The standard InChI is InChI=1S/C45H33N/c1-44(2,3)26-21-32-27-9-5-6-11-29(27)43-40-30-19-17-24-15-13-23-14-16-25-18-20-31(39-37(25)35(23)36(24)38(30)39)41(40)45(4)34-12-8-7-10-28(34)33(22-26)42(32)46(43)45/h5-22,40-41,43H,1-4H3/t40-,41+,43+,45-/m0/s1. The average molecular weight is 588 g/mol. The van der Waals surface area contributed by atoms with E-state index in [1.165, 1.54) is 88.1 Å². The van der Waals surface area contributed by atoms with Gasteiger partial charge in [-0.05, 0) is 107 Å². The molecule has 1 saturated heterocycles. The first-order valence-corrected chi connectivity index (χ1v) is 17.0. The lowest BCUT2D eigenvalue weighted by Crippen LogP contribution is -2.47. The van der Waals surface area contributed by atoms with Crippen molar-refractivity contribution in [1.29, 1.82) is 0 Å². The second-order valence-electron chi connectivity index (χ2n) is 15.8. The van der Waals surface area contributed by atoms with Gasteiger partial charge in [0.05, 0.1) is 17.3 Å². The van der Waals surface area contributed by atoms with Gasteiger partial charge >= 0.3 is 0 Å². The molecule has 0 spiro atoms. The summed E-state index contributed by atoms with van der Waals surface area (Å²) in [6.07, 6.45) is 0. The van der Waals surface area contributed by atoms with Gasteiger partial charge in [-0.2, -0.15) is 0 Å². The number of benzene rings is 7. The van der Waals surface area contributed by atoms with Gasteiger partial charge in [0.1, 0.15) is 0 Å². The Bertz CT molecular complexity index is 2590. The number of anilines is 1. The average Bonchev–Trinajstić information content (AvgIpc) is 3.59. The number of fused-ring (bicyclic) bond motifs is 11. The van der Waals surface area contributed by atoms with Crippen molar-refractivity contribution in [3.8, 4) is 33.4 Å². The van der Waals surface area contributed by atoms with Gasteiger partial charge in [-0.1, -0.05) is 118 Å². The maximum Gasteiger partial charge on any atom is 0.0714 e. The SMILES string of the molecule is CC(C)(C)c1cc2c3c(c1)-c1ccccc1[C@@]1(C)[C@@H]4c5ccc6ccc7ccc8ccc(c9c8c7c6c5-9)[C@@H]4[C@@H](c4ccccc4-2)N31. The Hall–Kier alpha value is -4.88. The molecular weight excluding hydrogens is 555 g/mol. The fourth-order valence-corrected chi connectivity index (χ4v) is 11.0. The Morgan fingerprint density at radius 3 is 1.85 bits per heavy atom. The molecule has 0 saturated carbocycles. The molecule has 4 atom stereocenters. The van der Waals surface area contributed by atoms with E-state index in [2.05, 4.69) is 142 Å². The third kappa shape index (κ3) is 2.42. The quantitative estimate of drug-likeness (QED) is 0.160. The first-order valence-electron chi connectivity index (χ1n) is 17.0. The van der Waals surface area contributed by atoms with E-state index in [0.29, 0.717) is 11.8 Å². The van der Waals surface area contributed by atoms with Crippen LogP contribution < -0.4 is 4.90 Å². The lowest BCUT2D eigenvalue weighted by Gasteiger charge is -2.51. The maximum atomic E-state index is 2.92. The van der Waals surface area contributed by atoms with Crippen LogP contribution in [0, 0.1) is 0 Å². The highest BCUT2D eigenvalue weighted by Gasteiger charge is 2.64. The van der Waals surface area contributed by atoms with E-state index in [1.807, 2.05) is 0 Å². The van der Waals surface area contributed by atoms with E-state index in [0.717, 1.165) is 0 Å². The molecule has 1 heteroatoms.